The summed E-state index contributed by atoms with van der Waals surface area (Å²) in [5, 5.41) is 9.65. The van der Waals surface area contributed by atoms with Crippen molar-refractivity contribution in [1.82, 2.24) is 0 Å². The molecule has 2 N–H and O–H groups in total. The Hall–Kier alpha value is -1.96. The Morgan fingerprint density at radius 1 is 1.40 bits per heavy atom. The van der Waals surface area contributed by atoms with Crippen molar-refractivity contribution in [3.63, 3.8) is 0 Å². The fourth-order valence-corrected chi connectivity index (χ4v) is 2.50. The lowest BCUT2D eigenvalue weighted by atomic mass is 10.3. The number of esters is 1. The average molecular weight is 303 g/mol. The molecule has 0 fully saturated rings. The van der Waals surface area contributed by atoms with Gasteiger partial charge in [0, 0.05) is 0 Å². The van der Waals surface area contributed by atoms with Gasteiger partial charge in [-0.2, -0.15) is 0 Å². The average Bonchev–Trinajstić information content (AvgIpc) is 2.39. The zero-order chi connectivity index (χ0) is 15.2. The van der Waals surface area contributed by atoms with E-state index >= 15 is 0 Å². The summed E-state index contributed by atoms with van der Waals surface area (Å²) in [6.07, 6.45) is -0.265. The Labute approximate surface area is 117 Å². The van der Waals surface area contributed by atoms with Gasteiger partial charge in [0.1, 0.15) is 17.2 Å². The summed E-state index contributed by atoms with van der Waals surface area (Å²) in [7, 11) is -2.44. The van der Waals surface area contributed by atoms with Crippen LogP contribution in [0.5, 0.6) is 11.5 Å². The minimum absolute atomic E-state index is 0.0566. The molecule has 0 heterocycles. The van der Waals surface area contributed by atoms with Crippen molar-refractivity contribution in [3.8, 4) is 11.5 Å². The molecule has 0 aliphatic rings. The standard InChI is InChI=1S/C12H17NO6S/c1-3-19-11(15)7-8-20(16,17)13-12-9(14)5-4-6-10(12)18-2/h4-6,13-14H,3,7-8H2,1-2H3. The highest BCUT2D eigenvalue weighted by Gasteiger charge is 2.18. The summed E-state index contributed by atoms with van der Waals surface area (Å²) in [5.74, 6) is -1.11. The number of hydrogen-bond donors (Lipinski definition) is 2. The van der Waals surface area contributed by atoms with Crippen LogP contribution in [-0.4, -0.2) is 39.0 Å². The van der Waals surface area contributed by atoms with Crippen LogP contribution in [0.4, 0.5) is 5.69 Å². The van der Waals surface area contributed by atoms with E-state index in [9.17, 15) is 18.3 Å². The molecule has 0 aliphatic carbocycles. The normalized spacial score (nSPS) is 10.9. The molecule has 0 amide bonds. The van der Waals surface area contributed by atoms with Crippen LogP contribution in [0.25, 0.3) is 0 Å². The van der Waals surface area contributed by atoms with Gasteiger partial charge in [0.25, 0.3) is 0 Å². The van der Waals surface area contributed by atoms with Gasteiger partial charge in [-0.3, -0.25) is 9.52 Å². The topological polar surface area (TPSA) is 102 Å². The van der Waals surface area contributed by atoms with Crippen LogP contribution in [0.15, 0.2) is 18.2 Å². The molecule has 0 spiro atoms. The number of benzene rings is 1. The summed E-state index contributed by atoms with van der Waals surface area (Å²) < 4.78 is 35.5. The molecule has 0 aromatic heterocycles. The molecule has 0 bridgehead atoms. The third kappa shape index (κ3) is 4.61. The van der Waals surface area contributed by atoms with Gasteiger partial charge in [-0.1, -0.05) is 6.07 Å². The maximum absolute atomic E-state index is 11.8. The largest absolute Gasteiger partial charge is 0.506 e. The number of anilines is 1. The molecule has 1 aromatic carbocycles. The van der Waals surface area contributed by atoms with Gasteiger partial charge in [-0.25, -0.2) is 8.42 Å². The number of aromatic hydroxyl groups is 1. The predicted octanol–water partition coefficient (Wildman–Crippen LogP) is 1.10. The second kappa shape index (κ2) is 6.99. The second-order valence-corrected chi connectivity index (χ2v) is 5.67. The highest BCUT2D eigenvalue weighted by molar-refractivity contribution is 7.92. The number of methoxy groups -OCH3 is 1. The molecule has 7 nitrogen and oxygen atoms in total. The number of sulfonamides is 1. The number of hydrogen-bond acceptors (Lipinski definition) is 6. The van der Waals surface area contributed by atoms with Gasteiger partial charge in [0.2, 0.25) is 10.0 Å². The fraction of sp³-hybridized carbons (Fsp3) is 0.417. The van der Waals surface area contributed by atoms with Gasteiger partial charge in [0.15, 0.2) is 0 Å². The number of ether oxygens (including phenoxy) is 2. The van der Waals surface area contributed by atoms with Crippen molar-refractivity contribution in [2.45, 2.75) is 13.3 Å². The van der Waals surface area contributed by atoms with Crippen LogP contribution < -0.4 is 9.46 Å². The first-order chi connectivity index (χ1) is 9.39. The monoisotopic (exact) mass is 303 g/mol. The highest BCUT2D eigenvalue weighted by atomic mass is 32.2. The molecule has 0 unspecified atom stereocenters. The number of carbonyl (C=O) groups excluding carboxylic acids is 1. The van der Waals surface area contributed by atoms with Crippen molar-refractivity contribution < 1.29 is 27.8 Å². The zero-order valence-corrected chi connectivity index (χ0v) is 12.1. The maximum Gasteiger partial charge on any atom is 0.306 e. The van der Waals surface area contributed by atoms with Crippen molar-refractivity contribution >= 4 is 21.7 Å². The van der Waals surface area contributed by atoms with E-state index in [-0.39, 0.29) is 30.2 Å². The first-order valence-corrected chi connectivity index (χ1v) is 7.57. The number of phenolic OH excluding ortho intramolecular Hbond substituents is 1. The Morgan fingerprint density at radius 3 is 2.70 bits per heavy atom. The molecular weight excluding hydrogens is 286 g/mol. The van der Waals surface area contributed by atoms with E-state index in [4.69, 9.17) is 4.74 Å². The van der Waals surface area contributed by atoms with E-state index in [1.54, 1.807) is 6.92 Å². The minimum atomic E-state index is -3.79. The number of rotatable bonds is 7. The van der Waals surface area contributed by atoms with Crippen molar-refractivity contribution in [2.24, 2.45) is 0 Å². The van der Waals surface area contributed by atoms with Gasteiger partial charge >= 0.3 is 5.97 Å². The number of carbonyl (C=O) groups is 1. The number of phenols is 1. The Kier molecular flexibility index (Phi) is 5.63. The van der Waals surface area contributed by atoms with Crippen molar-refractivity contribution in [3.05, 3.63) is 18.2 Å². The van der Waals surface area contributed by atoms with Crippen LogP contribution in [0.3, 0.4) is 0 Å². The van der Waals surface area contributed by atoms with E-state index in [1.807, 2.05) is 0 Å². The molecular formula is C12H17NO6S. The maximum atomic E-state index is 11.8. The molecule has 0 atom stereocenters. The SMILES string of the molecule is CCOC(=O)CCS(=O)(=O)Nc1c(O)cccc1OC. The van der Waals surface area contributed by atoms with Gasteiger partial charge in [0.05, 0.1) is 25.9 Å². The Bertz CT molecular complexity index is 569. The smallest absolute Gasteiger partial charge is 0.306 e. The van der Waals surface area contributed by atoms with Crippen LogP contribution in [0, 0.1) is 0 Å². The molecule has 1 aromatic rings. The van der Waals surface area contributed by atoms with Gasteiger partial charge in [-0.15, -0.1) is 0 Å². The van der Waals surface area contributed by atoms with Crippen LogP contribution in [0.1, 0.15) is 13.3 Å². The summed E-state index contributed by atoms with van der Waals surface area (Å²) in [4.78, 5) is 11.1. The van der Waals surface area contributed by atoms with Gasteiger partial charge in [-0.05, 0) is 19.1 Å². The molecule has 112 valence electrons. The van der Waals surface area contributed by atoms with Crippen LogP contribution >= 0.6 is 0 Å². The Morgan fingerprint density at radius 2 is 2.10 bits per heavy atom. The fourth-order valence-electron chi connectivity index (χ4n) is 1.45. The third-order valence-corrected chi connectivity index (χ3v) is 3.62. The molecule has 0 saturated carbocycles. The molecule has 20 heavy (non-hydrogen) atoms. The summed E-state index contributed by atoms with van der Waals surface area (Å²) in [6, 6.07) is 4.35. The first-order valence-electron chi connectivity index (χ1n) is 5.91. The Balaban J connectivity index is 2.79. The van der Waals surface area contributed by atoms with E-state index in [2.05, 4.69) is 9.46 Å². The lowest BCUT2D eigenvalue weighted by Crippen LogP contribution is -2.20. The lowest BCUT2D eigenvalue weighted by Gasteiger charge is -2.12. The first kappa shape index (κ1) is 16.1. The van der Waals surface area contributed by atoms with Crippen LogP contribution in [-0.2, 0) is 19.6 Å². The van der Waals surface area contributed by atoms with E-state index in [0.29, 0.717) is 0 Å². The minimum Gasteiger partial charge on any atom is -0.506 e. The third-order valence-electron chi connectivity index (χ3n) is 2.36. The second-order valence-electron chi connectivity index (χ2n) is 3.83. The van der Waals surface area contributed by atoms with E-state index in [0.717, 1.165) is 0 Å². The van der Waals surface area contributed by atoms with E-state index in [1.165, 1.54) is 25.3 Å². The van der Waals surface area contributed by atoms with Crippen molar-refractivity contribution in [2.75, 3.05) is 24.2 Å². The van der Waals surface area contributed by atoms with Crippen molar-refractivity contribution in [1.29, 1.82) is 0 Å². The number of para-hydroxylation sites is 1. The lowest BCUT2D eigenvalue weighted by molar-refractivity contribution is -0.142. The summed E-state index contributed by atoms with van der Waals surface area (Å²) in [6.45, 7) is 1.83. The molecule has 0 radical (unpaired) electrons. The number of nitrogens with one attached hydrogen (secondary N) is 1. The quantitative estimate of drug-likeness (QED) is 0.577. The van der Waals surface area contributed by atoms with E-state index < -0.39 is 21.7 Å². The summed E-state index contributed by atoms with van der Waals surface area (Å²) >= 11 is 0. The molecule has 8 heteroatoms. The summed E-state index contributed by atoms with van der Waals surface area (Å²) in [5.41, 5.74) is -0.0566. The molecule has 0 aliphatic heterocycles. The van der Waals surface area contributed by atoms with Gasteiger partial charge < -0.3 is 14.6 Å². The zero-order valence-electron chi connectivity index (χ0n) is 11.3. The molecule has 0 saturated heterocycles. The predicted molar refractivity (Wildman–Crippen MR) is 73.3 cm³/mol. The van der Waals surface area contributed by atoms with Crippen LogP contribution in [0.2, 0.25) is 0 Å². The molecule has 1 rings (SSSR count). The highest BCUT2D eigenvalue weighted by Crippen LogP contribution is 2.34.